The number of aromatic nitrogens is 1. The Morgan fingerprint density at radius 2 is 2.00 bits per heavy atom. The maximum atomic E-state index is 11.3. The lowest BCUT2D eigenvalue weighted by molar-refractivity contribution is 0.416. The Morgan fingerprint density at radius 3 is 2.69 bits per heavy atom. The molecule has 0 saturated carbocycles. The topological polar surface area (TPSA) is 42.1 Å². The quantitative estimate of drug-likeness (QED) is 0.835. The van der Waals surface area contributed by atoms with Crippen molar-refractivity contribution in [2.75, 3.05) is 7.11 Å². The summed E-state index contributed by atoms with van der Waals surface area (Å²) in [5.74, 6) is 0.800. The summed E-state index contributed by atoms with van der Waals surface area (Å²) in [6.07, 6.45) is 1.70. The molecule has 0 radical (unpaired) electrons. The minimum atomic E-state index is -0.0568. The van der Waals surface area contributed by atoms with Crippen molar-refractivity contribution in [2.45, 2.75) is 6.92 Å². The van der Waals surface area contributed by atoms with E-state index >= 15 is 0 Å². The van der Waals surface area contributed by atoms with Crippen molar-refractivity contribution in [3.8, 4) is 16.9 Å². The second-order valence-electron chi connectivity index (χ2n) is 3.60. The largest absolute Gasteiger partial charge is 0.496 e. The number of nitrogens with one attached hydrogen (secondary N) is 1. The van der Waals surface area contributed by atoms with Gasteiger partial charge in [0.25, 0.3) is 5.56 Å². The fraction of sp³-hybridized carbons (Fsp3) is 0.154. The summed E-state index contributed by atoms with van der Waals surface area (Å²) in [5, 5.41) is 0. The number of H-pyrrole nitrogens is 1. The van der Waals surface area contributed by atoms with E-state index in [9.17, 15) is 4.79 Å². The van der Waals surface area contributed by atoms with Crippen LogP contribution in [0.4, 0.5) is 0 Å². The standard InChI is InChI=1S/C13H13NO2/c1-9-7-10(8-14-13(9)15)11-5-3-4-6-12(11)16-2/h3-8H,1-2H3,(H,14,15). The van der Waals surface area contributed by atoms with Crippen LogP contribution in [0.2, 0.25) is 0 Å². The minimum absolute atomic E-state index is 0.0568. The third kappa shape index (κ3) is 1.84. The minimum Gasteiger partial charge on any atom is -0.496 e. The summed E-state index contributed by atoms with van der Waals surface area (Å²) in [6, 6.07) is 9.58. The Balaban J connectivity index is 2.58. The molecule has 3 nitrogen and oxygen atoms in total. The molecule has 2 rings (SSSR count). The van der Waals surface area contributed by atoms with Gasteiger partial charge in [0.2, 0.25) is 0 Å². The van der Waals surface area contributed by atoms with E-state index in [-0.39, 0.29) is 5.56 Å². The van der Waals surface area contributed by atoms with E-state index in [1.165, 1.54) is 0 Å². The Hall–Kier alpha value is -2.03. The maximum absolute atomic E-state index is 11.3. The smallest absolute Gasteiger partial charge is 0.250 e. The summed E-state index contributed by atoms with van der Waals surface area (Å²) in [6.45, 7) is 1.79. The average molecular weight is 215 g/mol. The predicted octanol–water partition coefficient (Wildman–Crippen LogP) is 2.36. The van der Waals surface area contributed by atoms with Crippen LogP contribution in [0.5, 0.6) is 5.75 Å². The van der Waals surface area contributed by atoms with E-state index in [0.717, 1.165) is 16.9 Å². The lowest BCUT2D eigenvalue weighted by Gasteiger charge is -2.08. The van der Waals surface area contributed by atoms with Crippen molar-refractivity contribution in [3.63, 3.8) is 0 Å². The molecule has 1 aromatic heterocycles. The number of aromatic amines is 1. The van der Waals surface area contributed by atoms with E-state index in [2.05, 4.69) is 4.98 Å². The van der Waals surface area contributed by atoms with Gasteiger partial charge in [-0.25, -0.2) is 0 Å². The van der Waals surface area contributed by atoms with Crippen molar-refractivity contribution in [2.24, 2.45) is 0 Å². The fourth-order valence-corrected chi connectivity index (χ4v) is 1.64. The van der Waals surface area contributed by atoms with E-state index in [4.69, 9.17) is 4.74 Å². The van der Waals surface area contributed by atoms with Crippen LogP contribution in [-0.2, 0) is 0 Å². The number of hydrogen-bond donors (Lipinski definition) is 1. The molecule has 0 aliphatic carbocycles. The van der Waals surface area contributed by atoms with Crippen molar-refractivity contribution in [1.29, 1.82) is 0 Å². The predicted molar refractivity (Wildman–Crippen MR) is 63.8 cm³/mol. The molecule has 1 aromatic carbocycles. The highest BCUT2D eigenvalue weighted by Crippen LogP contribution is 2.28. The molecule has 2 aromatic rings. The molecule has 0 bridgehead atoms. The number of aryl methyl sites for hydroxylation is 1. The van der Waals surface area contributed by atoms with E-state index in [1.54, 1.807) is 20.2 Å². The molecule has 16 heavy (non-hydrogen) atoms. The molecular weight excluding hydrogens is 202 g/mol. The molecule has 0 unspecified atom stereocenters. The van der Waals surface area contributed by atoms with Crippen molar-refractivity contribution < 1.29 is 4.74 Å². The first-order chi connectivity index (χ1) is 7.72. The van der Waals surface area contributed by atoms with Gasteiger partial charge in [-0.1, -0.05) is 18.2 Å². The zero-order chi connectivity index (χ0) is 11.5. The molecule has 1 N–H and O–H groups in total. The molecule has 3 heteroatoms. The Labute approximate surface area is 93.7 Å². The second kappa shape index (κ2) is 4.23. The third-order valence-electron chi connectivity index (χ3n) is 2.51. The Bertz CT molecular complexity index is 558. The van der Waals surface area contributed by atoms with Gasteiger partial charge in [0.15, 0.2) is 0 Å². The fourth-order valence-electron chi connectivity index (χ4n) is 1.64. The van der Waals surface area contributed by atoms with Crippen molar-refractivity contribution in [1.82, 2.24) is 4.98 Å². The summed E-state index contributed by atoms with van der Waals surface area (Å²) in [5.41, 5.74) is 2.57. The lowest BCUT2D eigenvalue weighted by Crippen LogP contribution is -2.08. The lowest BCUT2D eigenvalue weighted by atomic mass is 10.1. The molecular formula is C13H13NO2. The molecule has 0 fully saturated rings. The van der Waals surface area contributed by atoms with Gasteiger partial charge in [-0.05, 0) is 19.1 Å². The van der Waals surface area contributed by atoms with Gasteiger partial charge in [-0.15, -0.1) is 0 Å². The van der Waals surface area contributed by atoms with Gasteiger partial charge in [0.05, 0.1) is 7.11 Å². The first-order valence-electron chi connectivity index (χ1n) is 5.05. The number of para-hydroxylation sites is 1. The molecule has 1 heterocycles. The van der Waals surface area contributed by atoms with Crippen LogP contribution in [0.3, 0.4) is 0 Å². The van der Waals surface area contributed by atoms with Gasteiger partial charge >= 0.3 is 0 Å². The molecule has 0 amide bonds. The van der Waals surface area contributed by atoms with Gasteiger partial charge in [0, 0.05) is 22.9 Å². The number of ether oxygens (including phenoxy) is 1. The normalized spacial score (nSPS) is 10.1. The number of methoxy groups -OCH3 is 1. The van der Waals surface area contributed by atoms with Gasteiger partial charge in [-0.3, -0.25) is 4.79 Å². The average Bonchev–Trinajstić information content (AvgIpc) is 2.32. The molecule has 0 aliphatic heterocycles. The van der Waals surface area contributed by atoms with Crippen molar-refractivity contribution in [3.05, 3.63) is 52.4 Å². The first kappa shape index (κ1) is 10.5. The van der Waals surface area contributed by atoms with Crippen LogP contribution in [0, 0.1) is 6.92 Å². The zero-order valence-corrected chi connectivity index (χ0v) is 9.28. The van der Waals surface area contributed by atoms with E-state index < -0.39 is 0 Å². The zero-order valence-electron chi connectivity index (χ0n) is 9.28. The SMILES string of the molecule is COc1ccccc1-c1c[nH]c(=O)c(C)c1. The second-order valence-corrected chi connectivity index (χ2v) is 3.60. The number of pyridine rings is 1. The van der Waals surface area contributed by atoms with E-state index in [0.29, 0.717) is 5.56 Å². The highest BCUT2D eigenvalue weighted by atomic mass is 16.5. The van der Waals surface area contributed by atoms with Crippen LogP contribution in [0.25, 0.3) is 11.1 Å². The summed E-state index contributed by atoms with van der Waals surface area (Å²) in [7, 11) is 1.64. The Kier molecular flexibility index (Phi) is 2.77. The number of benzene rings is 1. The Morgan fingerprint density at radius 1 is 1.25 bits per heavy atom. The molecule has 0 spiro atoms. The van der Waals surface area contributed by atoms with E-state index in [1.807, 2.05) is 30.3 Å². The molecule has 0 saturated heterocycles. The molecule has 82 valence electrons. The van der Waals surface area contributed by atoms with Gasteiger partial charge in [-0.2, -0.15) is 0 Å². The summed E-state index contributed by atoms with van der Waals surface area (Å²) >= 11 is 0. The van der Waals surface area contributed by atoms with Crippen LogP contribution in [0.15, 0.2) is 41.3 Å². The number of hydrogen-bond acceptors (Lipinski definition) is 2. The summed E-state index contributed by atoms with van der Waals surface area (Å²) < 4.78 is 5.28. The molecule has 0 aliphatic rings. The molecule has 0 atom stereocenters. The van der Waals surface area contributed by atoms with Gasteiger partial charge < -0.3 is 9.72 Å². The third-order valence-corrected chi connectivity index (χ3v) is 2.51. The van der Waals surface area contributed by atoms with Crippen LogP contribution >= 0.6 is 0 Å². The van der Waals surface area contributed by atoms with Crippen LogP contribution in [-0.4, -0.2) is 12.1 Å². The number of rotatable bonds is 2. The highest BCUT2D eigenvalue weighted by molar-refractivity contribution is 5.69. The summed E-state index contributed by atoms with van der Waals surface area (Å²) in [4.78, 5) is 14.0. The van der Waals surface area contributed by atoms with Gasteiger partial charge in [0.1, 0.15) is 5.75 Å². The maximum Gasteiger partial charge on any atom is 0.250 e. The monoisotopic (exact) mass is 215 g/mol. The first-order valence-corrected chi connectivity index (χ1v) is 5.05. The van der Waals surface area contributed by atoms with Crippen LogP contribution < -0.4 is 10.3 Å². The van der Waals surface area contributed by atoms with Crippen LogP contribution in [0.1, 0.15) is 5.56 Å². The van der Waals surface area contributed by atoms with Crippen molar-refractivity contribution >= 4 is 0 Å². The highest BCUT2D eigenvalue weighted by Gasteiger charge is 2.05.